The van der Waals surface area contributed by atoms with Crippen LogP contribution < -0.4 is 18.9 Å². The Kier molecular flexibility index (Phi) is 10.3. The van der Waals surface area contributed by atoms with E-state index >= 15 is 0 Å². The number of methoxy groups -OCH3 is 3. The summed E-state index contributed by atoms with van der Waals surface area (Å²) >= 11 is 0. The molecule has 35 heavy (non-hydrogen) atoms. The molecular formula is C22H36O13. The van der Waals surface area contributed by atoms with Crippen molar-refractivity contribution in [1.29, 1.82) is 0 Å². The molecule has 202 valence electrons. The average molecular weight is 509 g/mol. The first-order valence-electron chi connectivity index (χ1n) is 10.6. The van der Waals surface area contributed by atoms with E-state index in [1.165, 1.54) is 40.4 Å². The van der Waals surface area contributed by atoms with Crippen LogP contribution in [-0.4, -0.2) is 120 Å². The van der Waals surface area contributed by atoms with Crippen molar-refractivity contribution in [1.82, 2.24) is 0 Å². The van der Waals surface area contributed by atoms with Gasteiger partial charge in [-0.3, -0.25) is 0 Å². The lowest BCUT2D eigenvalue weighted by Crippen LogP contribution is -2.61. The van der Waals surface area contributed by atoms with E-state index in [0.29, 0.717) is 5.75 Å². The Labute approximate surface area is 203 Å². The Morgan fingerprint density at radius 2 is 1.26 bits per heavy atom. The third kappa shape index (κ3) is 6.07. The zero-order valence-electron chi connectivity index (χ0n) is 19.2. The van der Waals surface area contributed by atoms with Crippen LogP contribution in [0.25, 0.3) is 0 Å². The van der Waals surface area contributed by atoms with Crippen molar-refractivity contribution >= 4 is 0 Å². The maximum atomic E-state index is 10.4. The van der Waals surface area contributed by atoms with E-state index in [1.54, 1.807) is 0 Å². The minimum Gasteiger partial charge on any atom is -0.493 e. The standard InChI is InChI=1S/C21H32O13.CH4/c1-8-13(22)15(24)17(26)20(32-8)31-7-12-14(23)16(25)18(27)21(34-12)33-9-5-10(28-2)19(30-4)11(6-9)29-3;/h5-6,8,12-18,20-27H,7H2,1-4H3;1H4. The van der Waals surface area contributed by atoms with E-state index in [0.717, 1.165) is 0 Å². The first kappa shape index (κ1) is 29.3. The molecule has 3 rings (SSSR count). The summed E-state index contributed by atoms with van der Waals surface area (Å²) in [5.74, 6) is 1.03. The predicted molar refractivity (Wildman–Crippen MR) is 118 cm³/mol. The van der Waals surface area contributed by atoms with Crippen LogP contribution in [0.3, 0.4) is 0 Å². The molecule has 0 aromatic heterocycles. The Bertz CT molecular complexity index is 783. The molecule has 1 aromatic carbocycles. The minimum absolute atomic E-state index is 0. The van der Waals surface area contributed by atoms with Gasteiger partial charge in [-0.15, -0.1) is 0 Å². The highest BCUT2D eigenvalue weighted by molar-refractivity contribution is 5.55. The zero-order chi connectivity index (χ0) is 25.2. The number of ether oxygens (including phenoxy) is 7. The molecule has 6 N–H and O–H groups in total. The number of aliphatic hydroxyl groups excluding tert-OH is 6. The third-order valence-corrected chi connectivity index (χ3v) is 5.79. The van der Waals surface area contributed by atoms with Gasteiger partial charge in [-0.1, -0.05) is 7.43 Å². The fourth-order valence-corrected chi connectivity index (χ4v) is 3.75. The second-order valence-corrected chi connectivity index (χ2v) is 8.01. The van der Waals surface area contributed by atoms with Gasteiger partial charge in [0.25, 0.3) is 0 Å². The smallest absolute Gasteiger partial charge is 0.229 e. The normalized spacial score (nSPS) is 37.2. The van der Waals surface area contributed by atoms with E-state index in [2.05, 4.69) is 0 Å². The van der Waals surface area contributed by atoms with E-state index in [1.807, 2.05) is 0 Å². The van der Waals surface area contributed by atoms with Gasteiger partial charge in [0.05, 0.1) is 34.0 Å². The summed E-state index contributed by atoms with van der Waals surface area (Å²) in [7, 11) is 4.27. The molecule has 2 fully saturated rings. The number of hydrogen-bond donors (Lipinski definition) is 6. The molecule has 13 heteroatoms. The van der Waals surface area contributed by atoms with E-state index in [-0.39, 0.29) is 24.7 Å². The Hall–Kier alpha value is -1.94. The van der Waals surface area contributed by atoms with Crippen molar-refractivity contribution in [2.45, 2.75) is 75.8 Å². The van der Waals surface area contributed by atoms with Gasteiger partial charge < -0.3 is 63.8 Å². The summed E-state index contributed by atoms with van der Waals surface area (Å²) in [6.45, 7) is 1.08. The average Bonchev–Trinajstić information content (AvgIpc) is 2.84. The molecule has 1 aromatic rings. The molecule has 0 bridgehead atoms. The van der Waals surface area contributed by atoms with Crippen LogP contribution in [0.5, 0.6) is 23.0 Å². The van der Waals surface area contributed by atoms with Crippen LogP contribution in [0.15, 0.2) is 12.1 Å². The van der Waals surface area contributed by atoms with E-state index in [4.69, 9.17) is 33.2 Å². The topological polar surface area (TPSA) is 186 Å². The monoisotopic (exact) mass is 508 g/mol. The van der Waals surface area contributed by atoms with Gasteiger partial charge in [0.2, 0.25) is 12.0 Å². The fraction of sp³-hybridized carbons (Fsp3) is 0.727. The molecule has 10 atom stereocenters. The molecule has 0 radical (unpaired) electrons. The van der Waals surface area contributed by atoms with Crippen molar-refractivity contribution in [3.63, 3.8) is 0 Å². The zero-order valence-corrected chi connectivity index (χ0v) is 19.2. The quantitative estimate of drug-likeness (QED) is 0.235. The number of benzene rings is 1. The fourth-order valence-electron chi connectivity index (χ4n) is 3.75. The van der Waals surface area contributed by atoms with Gasteiger partial charge in [-0.25, -0.2) is 0 Å². The summed E-state index contributed by atoms with van der Waals surface area (Å²) < 4.78 is 37.9. The molecule has 0 aliphatic carbocycles. The van der Waals surface area contributed by atoms with E-state index < -0.39 is 68.0 Å². The molecule has 0 saturated carbocycles. The summed E-state index contributed by atoms with van der Waals surface area (Å²) in [4.78, 5) is 0. The third-order valence-electron chi connectivity index (χ3n) is 5.79. The molecule has 2 heterocycles. The van der Waals surface area contributed by atoms with Gasteiger partial charge in [0.15, 0.2) is 17.8 Å². The molecular weight excluding hydrogens is 472 g/mol. The molecule has 13 nitrogen and oxygen atoms in total. The maximum Gasteiger partial charge on any atom is 0.229 e. The molecule has 0 spiro atoms. The summed E-state index contributed by atoms with van der Waals surface area (Å²) in [6, 6.07) is 2.92. The second kappa shape index (κ2) is 12.3. The molecule has 0 amide bonds. The van der Waals surface area contributed by atoms with Gasteiger partial charge in [-0.2, -0.15) is 0 Å². The van der Waals surface area contributed by atoms with Crippen LogP contribution in [0.1, 0.15) is 14.4 Å². The van der Waals surface area contributed by atoms with Crippen LogP contribution in [0.4, 0.5) is 0 Å². The van der Waals surface area contributed by atoms with Crippen LogP contribution in [0, 0.1) is 0 Å². The minimum atomic E-state index is -1.65. The highest BCUT2D eigenvalue weighted by Crippen LogP contribution is 2.41. The lowest BCUT2D eigenvalue weighted by atomic mass is 9.98. The largest absolute Gasteiger partial charge is 0.493 e. The predicted octanol–water partition coefficient (Wildman–Crippen LogP) is -1.62. The molecule has 2 saturated heterocycles. The summed E-state index contributed by atoms with van der Waals surface area (Å²) in [5.41, 5.74) is 0. The van der Waals surface area contributed by atoms with Crippen molar-refractivity contribution < 1.29 is 63.8 Å². The highest BCUT2D eigenvalue weighted by atomic mass is 16.7. The Morgan fingerprint density at radius 3 is 1.80 bits per heavy atom. The van der Waals surface area contributed by atoms with Crippen molar-refractivity contribution in [2.75, 3.05) is 27.9 Å². The summed E-state index contributed by atoms with van der Waals surface area (Å²) in [6.07, 6.45) is -14.0. The van der Waals surface area contributed by atoms with Gasteiger partial charge >= 0.3 is 0 Å². The summed E-state index contributed by atoms with van der Waals surface area (Å²) in [5, 5.41) is 60.8. The van der Waals surface area contributed by atoms with Crippen LogP contribution in [0.2, 0.25) is 0 Å². The van der Waals surface area contributed by atoms with E-state index in [9.17, 15) is 30.6 Å². The second-order valence-electron chi connectivity index (χ2n) is 8.01. The molecule has 2 aliphatic heterocycles. The first-order valence-corrected chi connectivity index (χ1v) is 10.6. The Balaban J connectivity index is 0.00000432. The van der Waals surface area contributed by atoms with Crippen LogP contribution >= 0.6 is 0 Å². The van der Waals surface area contributed by atoms with Crippen molar-refractivity contribution in [3.8, 4) is 23.0 Å². The van der Waals surface area contributed by atoms with Gasteiger partial charge in [-0.05, 0) is 6.92 Å². The maximum absolute atomic E-state index is 10.4. The first-order chi connectivity index (χ1) is 16.1. The SMILES string of the molecule is C.COc1cc(OC2OC(COC3OC(C)C(O)C(O)C3O)C(O)C(O)C2O)cc(OC)c1OC. The Morgan fingerprint density at radius 1 is 0.714 bits per heavy atom. The van der Waals surface area contributed by atoms with Crippen molar-refractivity contribution in [2.24, 2.45) is 0 Å². The molecule has 2 aliphatic rings. The van der Waals surface area contributed by atoms with Crippen molar-refractivity contribution in [3.05, 3.63) is 12.1 Å². The lowest BCUT2D eigenvalue weighted by molar-refractivity contribution is -0.318. The lowest BCUT2D eigenvalue weighted by Gasteiger charge is -2.42. The van der Waals surface area contributed by atoms with Gasteiger partial charge in [0.1, 0.15) is 48.5 Å². The molecule has 10 unspecified atom stereocenters. The van der Waals surface area contributed by atoms with Crippen LogP contribution in [-0.2, 0) is 14.2 Å². The number of hydrogen-bond acceptors (Lipinski definition) is 13. The number of rotatable bonds is 8. The highest BCUT2D eigenvalue weighted by Gasteiger charge is 2.47. The number of aliphatic hydroxyl groups is 6. The van der Waals surface area contributed by atoms with Gasteiger partial charge in [0, 0.05) is 12.1 Å².